The molecule has 27 heavy (non-hydrogen) atoms. The molecular formula is C23H34O4. The molecule has 1 spiro atoms. The number of aliphatic hydroxyl groups is 1. The van der Waals surface area contributed by atoms with Gasteiger partial charge in [-0.05, 0) is 68.6 Å². The van der Waals surface area contributed by atoms with Gasteiger partial charge >= 0.3 is 0 Å². The molecule has 0 aromatic rings. The molecule has 0 unspecified atom stereocenters. The molecular weight excluding hydrogens is 340 g/mol. The van der Waals surface area contributed by atoms with Crippen LogP contribution in [-0.2, 0) is 14.3 Å². The number of hydrogen-bond acceptors (Lipinski definition) is 4. The third-order valence-corrected chi connectivity index (χ3v) is 9.66. The van der Waals surface area contributed by atoms with Gasteiger partial charge in [0.25, 0.3) is 0 Å². The zero-order chi connectivity index (χ0) is 19.1. The monoisotopic (exact) mass is 374 g/mol. The van der Waals surface area contributed by atoms with Crippen molar-refractivity contribution >= 4 is 5.78 Å². The molecule has 4 heteroatoms. The average molecular weight is 375 g/mol. The van der Waals surface area contributed by atoms with Gasteiger partial charge in [0.1, 0.15) is 5.60 Å². The Hall–Kier alpha value is -0.710. The molecule has 4 nitrogen and oxygen atoms in total. The van der Waals surface area contributed by atoms with Crippen LogP contribution in [0.1, 0.15) is 72.1 Å². The number of carbonyl (C=O) groups is 1. The first-order valence-corrected chi connectivity index (χ1v) is 11.0. The van der Waals surface area contributed by atoms with Crippen LogP contribution >= 0.6 is 0 Å². The van der Waals surface area contributed by atoms with Crippen LogP contribution in [0.3, 0.4) is 0 Å². The van der Waals surface area contributed by atoms with Gasteiger partial charge < -0.3 is 14.6 Å². The van der Waals surface area contributed by atoms with E-state index in [9.17, 15) is 9.90 Å². The molecule has 5 rings (SSSR count). The van der Waals surface area contributed by atoms with Crippen molar-refractivity contribution in [3.05, 3.63) is 11.6 Å². The second-order valence-electron chi connectivity index (χ2n) is 10.5. The van der Waals surface area contributed by atoms with E-state index in [4.69, 9.17) is 9.47 Å². The van der Waals surface area contributed by atoms with Crippen molar-refractivity contribution in [3.8, 4) is 0 Å². The highest BCUT2D eigenvalue weighted by Gasteiger charge is 2.65. The lowest BCUT2D eigenvalue weighted by Crippen LogP contribution is -2.57. The molecule has 5 aliphatic rings. The van der Waals surface area contributed by atoms with Gasteiger partial charge in [-0.3, -0.25) is 4.79 Å². The first kappa shape index (κ1) is 18.3. The first-order chi connectivity index (χ1) is 12.7. The molecule has 0 radical (unpaired) electrons. The minimum atomic E-state index is -1.12. The van der Waals surface area contributed by atoms with Crippen LogP contribution in [0.2, 0.25) is 0 Å². The quantitative estimate of drug-likeness (QED) is 0.705. The first-order valence-electron chi connectivity index (χ1n) is 11.0. The summed E-state index contributed by atoms with van der Waals surface area (Å²) < 4.78 is 12.0. The van der Waals surface area contributed by atoms with Crippen molar-refractivity contribution < 1.29 is 19.4 Å². The fourth-order valence-corrected chi connectivity index (χ4v) is 7.94. The third-order valence-electron chi connectivity index (χ3n) is 9.66. The summed E-state index contributed by atoms with van der Waals surface area (Å²) >= 11 is 0. The minimum Gasteiger partial charge on any atom is -0.382 e. The molecule has 3 saturated carbocycles. The fraction of sp³-hybridized carbons (Fsp3) is 0.870. The lowest BCUT2D eigenvalue weighted by atomic mass is 9.46. The number of Topliss-reactive ketones (excluding diaryl/α,β-unsaturated/α-hetero) is 1. The molecule has 1 aliphatic heterocycles. The molecule has 1 heterocycles. The summed E-state index contributed by atoms with van der Waals surface area (Å²) in [7, 11) is 0. The average Bonchev–Trinajstić information content (AvgIpc) is 3.19. The van der Waals surface area contributed by atoms with E-state index in [1.807, 2.05) is 0 Å². The number of rotatable bonds is 1. The van der Waals surface area contributed by atoms with Crippen molar-refractivity contribution in [2.24, 2.45) is 28.6 Å². The summed E-state index contributed by atoms with van der Waals surface area (Å²) in [4.78, 5) is 12.3. The van der Waals surface area contributed by atoms with E-state index in [-0.39, 0.29) is 22.4 Å². The van der Waals surface area contributed by atoms with E-state index in [0.29, 0.717) is 24.2 Å². The Kier molecular flexibility index (Phi) is 3.85. The highest BCUT2D eigenvalue weighted by Crippen LogP contribution is 2.68. The molecule has 0 amide bonds. The van der Waals surface area contributed by atoms with Crippen molar-refractivity contribution in [1.82, 2.24) is 0 Å². The maximum atomic E-state index is 12.3. The third kappa shape index (κ3) is 2.24. The number of ether oxygens (including phenoxy) is 2. The summed E-state index contributed by atoms with van der Waals surface area (Å²) in [6.07, 6.45) is 10.3. The Labute approximate surface area is 162 Å². The van der Waals surface area contributed by atoms with E-state index in [2.05, 4.69) is 19.9 Å². The van der Waals surface area contributed by atoms with Crippen molar-refractivity contribution in [3.63, 3.8) is 0 Å². The number of ketones is 1. The molecule has 1 saturated heterocycles. The summed E-state index contributed by atoms with van der Waals surface area (Å²) in [5.74, 6) is 1.31. The van der Waals surface area contributed by atoms with Gasteiger partial charge in [0.15, 0.2) is 11.6 Å². The zero-order valence-electron chi connectivity index (χ0n) is 17.1. The maximum Gasteiger partial charge on any atom is 0.172 e. The lowest BCUT2D eigenvalue weighted by molar-refractivity contribution is -0.188. The Morgan fingerprint density at radius 1 is 1.07 bits per heavy atom. The zero-order valence-corrected chi connectivity index (χ0v) is 17.1. The Morgan fingerprint density at radius 2 is 1.78 bits per heavy atom. The predicted molar refractivity (Wildman–Crippen MR) is 102 cm³/mol. The number of fused-ring (bicyclic) bond motifs is 5. The number of hydrogen-bond donors (Lipinski definition) is 1. The van der Waals surface area contributed by atoms with Gasteiger partial charge in [0, 0.05) is 18.3 Å². The molecule has 0 aromatic heterocycles. The van der Waals surface area contributed by atoms with Crippen LogP contribution in [-0.4, -0.2) is 35.5 Å². The molecule has 4 aliphatic carbocycles. The Bertz CT molecular complexity index is 692. The standard InChI is InChI=1S/C23H34O4/c1-15(24)23(25)9-7-19-17-5-4-16-14-22(26-12-13-27-22)11-10-20(16,2)18(17)6-8-21(19,23)3/h4,17-19,25H,5-14H2,1-3H3/t17-,18+,19+,20+,21+,23+/m1/s1. The maximum absolute atomic E-state index is 12.3. The molecule has 0 bridgehead atoms. The molecule has 0 aromatic carbocycles. The molecule has 4 fully saturated rings. The van der Waals surface area contributed by atoms with Crippen LogP contribution in [0, 0.1) is 28.6 Å². The number of carbonyl (C=O) groups excluding carboxylic acids is 1. The van der Waals surface area contributed by atoms with Gasteiger partial charge in [0.2, 0.25) is 0 Å². The number of allylic oxidation sites excluding steroid dienone is 1. The van der Waals surface area contributed by atoms with Crippen molar-refractivity contribution in [2.45, 2.75) is 83.5 Å². The van der Waals surface area contributed by atoms with Gasteiger partial charge in [0.05, 0.1) is 13.2 Å². The van der Waals surface area contributed by atoms with Crippen LogP contribution in [0.15, 0.2) is 11.6 Å². The smallest absolute Gasteiger partial charge is 0.172 e. The van der Waals surface area contributed by atoms with Gasteiger partial charge in [-0.2, -0.15) is 0 Å². The normalized spacial score (nSPS) is 50.7. The van der Waals surface area contributed by atoms with Crippen LogP contribution in [0.4, 0.5) is 0 Å². The lowest BCUT2D eigenvalue weighted by Gasteiger charge is -2.59. The molecule has 6 atom stereocenters. The Balaban J connectivity index is 1.46. The summed E-state index contributed by atoms with van der Waals surface area (Å²) in [6, 6.07) is 0. The minimum absolute atomic E-state index is 0.0284. The van der Waals surface area contributed by atoms with E-state index >= 15 is 0 Å². The fourth-order valence-electron chi connectivity index (χ4n) is 7.94. The van der Waals surface area contributed by atoms with Crippen molar-refractivity contribution in [1.29, 1.82) is 0 Å². The Morgan fingerprint density at radius 3 is 2.48 bits per heavy atom. The SMILES string of the molecule is CC(=O)[C@@]1(O)CC[C@H]2[C@@H]3CC=C4CC5(CC[C@]4(C)[C@H]3CC[C@@]21C)OCCO5. The summed E-state index contributed by atoms with van der Waals surface area (Å²) in [5, 5.41) is 11.3. The van der Waals surface area contributed by atoms with Crippen LogP contribution in [0.25, 0.3) is 0 Å². The van der Waals surface area contributed by atoms with Crippen LogP contribution < -0.4 is 0 Å². The topological polar surface area (TPSA) is 55.8 Å². The second-order valence-corrected chi connectivity index (χ2v) is 10.5. The highest BCUT2D eigenvalue weighted by atomic mass is 16.7. The van der Waals surface area contributed by atoms with E-state index in [1.54, 1.807) is 12.5 Å². The second kappa shape index (κ2) is 5.67. The largest absolute Gasteiger partial charge is 0.382 e. The molecule has 150 valence electrons. The van der Waals surface area contributed by atoms with Gasteiger partial charge in [-0.1, -0.05) is 25.5 Å². The van der Waals surface area contributed by atoms with E-state index in [0.717, 1.165) is 58.2 Å². The van der Waals surface area contributed by atoms with E-state index in [1.165, 1.54) is 0 Å². The van der Waals surface area contributed by atoms with Gasteiger partial charge in [-0.15, -0.1) is 0 Å². The predicted octanol–water partition coefficient (Wildman–Crippen LogP) is 4.01. The van der Waals surface area contributed by atoms with E-state index < -0.39 is 5.60 Å². The highest BCUT2D eigenvalue weighted by molar-refractivity contribution is 5.86. The van der Waals surface area contributed by atoms with Gasteiger partial charge in [-0.25, -0.2) is 0 Å². The van der Waals surface area contributed by atoms with Crippen molar-refractivity contribution in [2.75, 3.05) is 13.2 Å². The molecule has 1 N–H and O–H groups in total. The summed E-state index contributed by atoms with van der Waals surface area (Å²) in [5.41, 5.74) is 0.396. The van der Waals surface area contributed by atoms with Crippen LogP contribution in [0.5, 0.6) is 0 Å². The summed E-state index contributed by atoms with van der Waals surface area (Å²) in [6.45, 7) is 7.69.